The van der Waals surface area contributed by atoms with Crippen molar-refractivity contribution in [3.8, 4) is 0 Å². The number of para-hydroxylation sites is 2. The highest BCUT2D eigenvalue weighted by molar-refractivity contribution is 5.74. The molecule has 1 radical (unpaired) electrons. The molecule has 2 rings (SSSR count). The Morgan fingerprint density at radius 1 is 1.36 bits per heavy atom. The normalized spacial score (nSPS) is 11.5. The van der Waals surface area contributed by atoms with Crippen LogP contribution in [0.25, 0.3) is 11.0 Å². The second kappa shape index (κ2) is 4.09. The summed E-state index contributed by atoms with van der Waals surface area (Å²) in [6.45, 7) is 2.99. The minimum Gasteiger partial charge on any atom is -0.317 e. The van der Waals surface area contributed by atoms with Crippen molar-refractivity contribution in [1.29, 1.82) is 0 Å². The summed E-state index contributed by atoms with van der Waals surface area (Å²) in [5, 5.41) is 0. The third-order valence-electron chi connectivity index (χ3n) is 2.15. The van der Waals surface area contributed by atoms with Gasteiger partial charge in [0.15, 0.2) is 6.33 Å². The molecule has 0 fully saturated rings. The van der Waals surface area contributed by atoms with Crippen molar-refractivity contribution >= 4 is 11.0 Å². The van der Waals surface area contributed by atoms with Crippen LogP contribution in [0.1, 0.15) is 13.3 Å². The van der Waals surface area contributed by atoms with Crippen molar-refractivity contribution < 1.29 is 0 Å². The number of hydrogen-bond acceptors (Lipinski definition) is 1. The molecular weight excluding hydrogens is 172 g/mol. The summed E-state index contributed by atoms with van der Waals surface area (Å²) in [5.41, 5.74) is 2.16. The van der Waals surface area contributed by atoms with Crippen molar-refractivity contribution in [2.75, 3.05) is 0 Å². The summed E-state index contributed by atoms with van der Waals surface area (Å²) >= 11 is 0. The molecule has 2 nitrogen and oxygen atoms in total. The molecule has 2 aromatic rings. The Morgan fingerprint density at radius 3 is 3.07 bits per heavy atom. The maximum absolute atomic E-state index is 4.20. The minimum absolute atomic E-state index is 0.856. The summed E-state index contributed by atoms with van der Waals surface area (Å²) in [5.74, 6) is 0. The van der Waals surface area contributed by atoms with E-state index in [0.717, 1.165) is 24.0 Å². The van der Waals surface area contributed by atoms with E-state index in [0.29, 0.717) is 0 Å². The molecule has 0 bridgehead atoms. The van der Waals surface area contributed by atoms with Gasteiger partial charge in [0.2, 0.25) is 0 Å². The first-order chi connectivity index (χ1) is 6.92. The van der Waals surface area contributed by atoms with Gasteiger partial charge in [-0.05, 0) is 18.6 Å². The first kappa shape index (κ1) is 9.00. The lowest BCUT2D eigenvalue weighted by molar-refractivity contribution is 0.837. The molecule has 0 aliphatic heterocycles. The molecule has 71 valence electrons. The van der Waals surface area contributed by atoms with E-state index >= 15 is 0 Å². The fourth-order valence-corrected chi connectivity index (χ4v) is 1.44. The Labute approximate surface area is 83.9 Å². The zero-order valence-corrected chi connectivity index (χ0v) is 8.27. The van der Waals surface area contributed by atoms with Crippen LogP contribution in [0.5, 0.6) is 0 Å². The van der Waals surface area contributed by atoms with Crippen LogP contribution in [0.4, 0.5) is 0 Å². The van der Waals surface area contributed by atoms with Gasteiger partial charge in [-0.2, -0.15) is 0 Å². The van der Waals surface area contributed by atoms with E-state index in [1.54, 1.807) is 0 Å². The molecule has 14 heavy (non-hydrogen) atoms. The quantitative estimate of drug-likeness (QED) is 0.672. The minimum atomic E-state index is 0.856. The van der Waals surface area contributed by atoms with Crippen LogP contribution >= 0.6 is 0 Å². The Balaban J connectivity index is 2.29. The number of imidazole rings is 1. The number of hydrogen-bond donors (Lipinski definition) is 0. The Morgan fingerprint density at radius 2 is 2.21 bits per heavy atom. The van der Waals surface area contributed by atoms with E-state index in [2.05, 4.69) is 36.5 Å². The van der Waals surface area contributed by atoms with Gasteiger partial charge in [0.05, 0.1) is 11.0 Å². The molecular formula is C12H13N2. The zero-order chi connectivity index (χ0) is 9.80. The van der Waals surface area contributed by atoms with Crippen molar-refractivity contribution in [3.05, 3.63) is 42.7 Å². The average Bonchev–Trinajstić information content (AvgIpc) is 2.63. The van der Waals surface area contributed by atoms with Crippen LogP contribution in [0.3, 0.4) is 0 Å². The second-order valence-electron chi connectivity index (χ2n) is 3.19. The third kappa shape index (κ3) is 1.69. The summed E-state index contributed by atoms with van der Waals surface area (Å²) in [4.78, 5) is 4.20. The van der Waals surface area contributed by atoms with E-state index < -0.39 is 0 Å². The maximum atomic E-state index is 4.20. The van der Waals surface area contributed by atoms with Gasteiger partial charge in [0, 0.05) is 6.54 Å². The zero-order valence-electron chi connectivity index (χ0n) is 8.27. The van der Waals surface area contributed by atoms with Crippen molar-refractivity contribution in [1.82, 2.24) is 9.55 Å². The summed E-state index contributed by atoms with van der Waals surface area (Å²) in [6, 6.07) is 8.10. The van der Waals surface area contributed by atoms with Gasteiger partial charge in [-0.1, -0.05) is 31.2 Å². The lowest BCUT2D eigenvalue weighted by Crippen LogP contribution is -1.92. The van der Waals surface area contributed by atoms with E-state index in [1.165, 1.54) is 0 Å². The van der Waals surface area contributed by atoms with Crippen LogP contribution in [0.2, 0.25) is 0 Å². The van der Waals surface area contributed by atoms with Gasteiger partial charge < -0.3 is 4.57 Å². The molecule has 0 aliphatic rings. The number of fused-ring (bicyclic) bond motifs is 1. The highest BCUT2D eigenvalue weighted by atomic mass is 15.0. The van der Waals surface area contributed by atoms with Crippen molar-refractivity contribution in [2.45, 2.75) is 19.9 Å². The van der Waals surface area contributed by atoms with Gasteiger partial charge in [-0.3, -0.25) is 0 Å². The van der Waals surface area contributed by atoms with Crippen LogP contribution in [0, 0.1) is 6.33 Å². The van der Waals surface area contributed by atoms with Gasteiger partial charge in [0.1, 0.15) is 0 Å². The topological polar surface area (TPSA) is 17.8 Å². The summed E-state index contributed by atoms with van der Waals surface area (Å²) in [6.07, 6.45) is 8.36. The molecule has 0 N–H and O–H groups in total. The predicted molar refractivity (Wildman–Crippen MR) is 58.0 cm³/mol. The summed E-state index contributed by atoms with van der Waals surface area (Å²) in [7, 11) is 0. The van der Waals surface area contributed by atoms with Crippen LogP contribution in [0.15, 0.2) is 36.4 Å². The monoisotopic (exact) mass is 185 g/mol. The smallest absolute Gasteiger partial charge is 0.177 e. The molecule has 0 atom stereocenters. The van der Waals surface area contributed by atoms with Gasteiger partial charge in [-0.15, -0.1) is 0 Å². The Hall–Kier alpha value is -1.57. The molecule has 0 saturated carbocycles. The predicted octanol–water partition coefficient (Wildman–Crippen LogP) is 2.80. The van der Waals surface area contributed by atoms with Gasteiger partial charge in [-0.25, -0.2) is 4.98 Å². The van der Waals surface area contributed by atoms with Gasteiger partial charge in [0.25, 0.3) is 0 Å². The van der Waals surface area contributed by atoms with E-state index in [9.17, 15) is 0 Å². The number of benzene rings is 1. The average molecular weight is 185 g/mol. The lowest BCUT2D eigenvalue weighted by atomic mass is 10.3. The largest absolute Gasteiger partial charge is 0.317 e. The summed E-state index contributed by atoms with van der Waals surface area (Å²) < 4.78 is 2.03. The molecule has 0 amide bonds. The maximum Gasteiger partial charge on any atom is 0.177 e. The van der Waals surface area contributed by atoms with Crippen molar-refractivity contribution in [3.63, 3.8) is 0 Å². The van der Waals surface area contributed by atoms with Crippen LogP contribution in [-0.2, 0) is 6.54 Å². The van der Waals surface area contributed by atoms with Gasteiger partial charge >= 0.3 is 0 Å². The number of nitrogens with zero attached hydrogens (tertiary/aromatic N) is 2. The molecule has 0 spiro atoms. The first-order valence-electron chi connectivity index (χ1n) is 4.89. The molecule has 0 aliphatic carbocycles. The molecule has 0 saturated heterocycles. The molecule has 2 heteroatoms. The van der Waals surface area contributed by atoms with E-state index in [1.807, 2.05) is 22.8 Å². The third-order valence-corrected chi connectivity index (χ3v) is 2.15. The molecule has 1 aromatic carbocycles. The fraction of sp³-hybridized carbons (Fsp3) is 0.250. The number of rotatable bonds is 3. The Bertz CT molecular complexity index is 440. The van der Waals surface area contributed by atoms with Crippen molar-refractivity contribution in [2.24, 2.45) is 0 Å². The lowest BCUT2D eigenvalue weighted by Gasteiger charge is -1.97. The first-order valence-corrected chi connectivity index (χ1v) is 4.89. The second-order valence-corrected chi connectivity index (χ2v) is 3.19. The fourth-order valence-electron chi connectivity index (χ4n) is 1.44. The van der Waals surface area contributed by atoms with Crippen LogP contribution in [-0.4, -0.2) is 9.55 Å². The molecule has 1 aromatic heterocycles. The standard InChI is InChI=1S/C12H13N2/c1-2-3-6-9-14-10-13-11-7-4-5-8-12(11)14/h3-8H,2,9H2,1H3. The number of allylic oxidation sites excluding steroid dienone is 2. The van der Waals surface area contributed by atoms with Crippen LogP contribution < -0.4 is 0 Å². The highest BCUT2D eigenvalue weighted by Crippen LogP contribution is 2.10. The SMILES string of the molecule is CCC=CCn1[c]nc2ccccc21. The van der Waals surface area contributed by atoms with E-state index in [4.69, 9.17) is 0 Å². The Kier molecular flexibility index (Phi) is 2.63. The molecule has 1 heterocycles. The van der Waals surface area contributed by atoms with E-state index in [-0.39, 0.29) is 0 Å². The number of aromatic nitrogens is 2. The highest BCUT2D eigenvalue weighted by Gasteiger charge is 1.98. The molecule has 0 unspecified atom stereocenters.